The van der Waals surface area contributed by atoms with Gasteiger partial charge >= 0.3 is 12.0 Å². The van der Waals surface area contributed by atoms with Crippen LogP contribution in [0.2, 0.25) is 5.02 Å². The van der Waals surface area contributed by atoms with E-state index < -0.39 is 18.0 Å². The number of carboxylic acids is 1. The number of hydrogen-bond acceptors (Lipinski definition) is 4. The normalized spacial score (nSPS) is 20.9. The SMILES string of the molecule is O=C1NC(COCCN2CCCCC2)=C(C(=O)O)C(c2cccc(Cl)c2)N1. The van der Waals surface area contributed by atoms with E-state index in [0.29, 0.717) is 17.2 Å². The van der Waals surface area contributed by atoms with Crippen LogP contribution < -0.4 is 10.6 Å². The summed E-state index contributed by atoms with van der Waals surface area (Å²) in [5, 5.41) is 15.4. The van der Waals surface area contributed by atoms with E-state index in [1.54, 1.807) is 24.3 Å². The monoisotopic (exact) mass is 393 g/mol. The number of nitrogens with zero attached hydrogens (tertiary/aromatic N) is 1. The molecule has 0 aliphatic carbocycles. The highest BCUT2D eigenvalue weighted by molar-refractivity contribution is 6.30. The number of rotatable bonds is 7. The van der Waals surface area contributed by atoms with Gasteiger partial charge in [0.2, 0.25) is 0 Å². The number of aliphatic carboxylic acids is 1. The number of carbonyl (C=O) groups is 2. The van der Waals surface area contributed by atoms with Crippen LogP contribution in [-0.4, -0.2) is 54.9 Å². The van der Waals surface area contributed by atoms with Crippen molar-refractivity contribution >= 4 is 23.6 Å². The van der Waals surface area contributed by atoms with Crippen molar-refractivity contribution in [2.24, 2.45) is 0 Å². The molecular weight excluding hydrogens is 370 g/mol. The molecule has 3 N–H and O–H groups in total. The fourth-order valence-corrected chi connectivity index (χ4v) is 3.67. The molecule has 0 radical (unpaired) electrons. The molecule has 8 heteroatoms. The lowest BCUT2D eigenvalue weighted by molar-refractivity contribution is -0.133. The number of nitrogens with one attached hydrogen (secondary N) is 2. The smallest absolute Gasteiger partial charge is 0.335 e. The maximum absolute atomic E-state index is 12.0. The second-order valence-corrected chi connectivity index (χ2v) is 7.18. The van der Waals surface area contributed by atoms with Gasteiger partial charge in [0.05, 0.1) is 30.5 Å². The maximum Gasteiger partial charge on any atom is 0.335 e. The Morgan fingerprint density at radius 3 is 2.78 bits per heavy atom. The van der Waals surface area contributed by atoms with E-state index in [0.717, 1.165) is 19.6 Å². The van der Waals surface area contributed by atoms with Gasteiger partial charge in [-0.15, -0.1) is 0 Å². The molecule has 3 rings (SSSR count). The van der Waals surface area contributed by atoms with Gasteiger partial charge < -0.3 is 25.4 Å². The van der Waals surface area contributed by atoms with Gasteiger partial charge in [0.15, 0.2) is 0 Å². The number of ether oxygens (including phenoxy) is 1. The summed E-state index contributed by atoms with van der Waals surface area (Å²) < 4.78 is 5.68. The Labute approximate surface area is 163 Å². The Hall–Kier alpha value is -2.09. The molecule has 0 spiro atoms. The number of amides is 2. The summed E-state index contributed by atoms with van der Waals surface area (Å²) in [4.78, 5) is 26.3. The van der Waals surface area contributed by atoms with Crippen LogP contribution >= 0.6 is 11.6 Å². The Bertz CT molecular complexity index is 731. The van der Waals surface area contributed by atoms with Crippen molar-refractivity contribution in [2.75, 3.05) is 32.8 Å². The number of benzene rings is 1. The van der Waals surface area contributed by atoms with Crippen molar-refractivity contribution in [3.63, 3.8) is 0 Å². The Kier molecular flexibility index (Phi) is 6.71. The summed E-state index contributed by atoms with van der Waals surface area (Å²) in [5.41, 5.74) is 0.949. The Morgan fingerprint density at radius 1 is 1.30 bits per heavy atom. The third-order valence-corrected chi connectivity index (χ3v) is 5.05. The van der Waals surface area contributed by atoms with Gasteiger partial charge in [0.25, 0.3) is 0 Å². The fraction of sp³-hybridized carbons (Fsp3) is 0.474. The van der Waals surface area contributed by atoms with Crippen molar-refractivity contribution < 1.29 is 19.4 Å². The van der Waals surface area contributed by atoms with Crippen LogP contribution in [0, 0.1) is 0 Å². The number of hydrogen-bond donors (Lipinski definition) is 3. The zero-order valence-electron chi connectivity index (χ0n) is 15.0. The molecule has 1 aromatic carbocycles. The molecule has 1 fully saturated rings. The van der Waals surface area contributed by atoms with E-state index in [2.05, 4.69) is 15.5 Å². The van der Waals surface area contributed by atoms with Gasteiger partial charge in [-0.2, -0.15) is 0 Å². The minimum absolute atomic E-state index is 0.0416. The number of likely N-dealkylation sites (tertiary alicyclic amines) is 1. The van der Waals surface area contributed by atoms with Gasteiger partial charge in [0.1, 0.15) is 0 Å². The lowest BCUT2D eigenvalue weighted by atomic mass is 9.95. The van der Waals surface area contributed by atoms with Crippen LogP contribution in [0.1, 0.15) is 30.9 Å². The molecule has 1 atom stereocenters. The van der Waals surface area contributed by atoms with Gasteiger partial charge in [-0.05, 0) is 43.6 Å². The highest BCUT2D eigenvalue weighted by Crippen LogP contribution is 2.28. The first-order chi connectivity index (χ1) is 13.0. The topological polar surface area (TPSA) is 90.9 Å². The minimum Gasteiger partial charge on any atom is -0.478 e. The maximum atomic E-state index is 12.0. The van der Waals surface area contributed by atoms with Gasteiger partial charge in [-0.25, -0.2) is 9.59 Å². The second-order valence-electron chi connectivity index (χ2n) is 6.74. The lowest BCUT2D eigenvalue weighted by Crippen LogP contribution is -2.46. The molecule has 2 aliphatic rings. The predicted octanol–water partition coefficient (Wildman–Crippen LogP) is 2.54. The van der Waals surface area contributed by atoms with Crippen LogP contribution in [-0.2, 0) is 9.53 Å². The Morgan fingerprint density at radius 2 is 2.07 bits per heavy atom. The first-order valence-electron chi connectivity index (χ1n) is 9.14. The zero-order chi connectivity index (χ0) is 19.2. The number of carbonyl (C=O) groups excluding carboxylic acids is 1. The van der Waals surface area contributed by atoms with Gasteiger partial charge in [-0.3, -0.25) is 0 Å². The first kappa shape index (κ1) is 19.7. The van der Waals surface area contributed by atoms with Crippen molar-refractivity contribution in [3.05, 3.63) is 46.1 Å². The Balaban J connectivity index is 1.70. The predicted molar refractivity (Wildman–Crippen MR) is 102 cm³/mol. The number of carboxylic acid groups (broad SMARTS) is 1. The molecule has 0 saturated carbocycles. The van der Waals surface area contributed by atoms with E-state index in [1.807, 2.05) is 0 Å². The molecule has 1 unspecified atom stereocenters. The third-order valence-electron chi connectivity index (χ3n) is 4.81. The molecule has 2 amide bonds. The molecule has 2 aliphatic heterocycles. The molecule has 7 nitrogen and oxygen atoms in total. The molecule has 2 heterocycles. The van der Waals surface area contributed by atoms with Crippen LogP contribution in [0.15, 0.2) is 35.5 Å². The molecule has 27 heavy (non-hydrogen) atoms. The third kappa shape index (κ3) is 5.22. The average Bonchev–Trinajstić information content (AvgIpc) is 2.65. The summed E-state index contributed by atoms with van der Waals surface area (Å²) in [6, 6.07) is 5.56. The molecule has 146 valence electrons. The second kappa shape index (κ2) is 9.21. The fourth-order valence-electron chi connectivity index (χ4n) is 3.47. The summed E-state index contributed by atoms with van der Waals surface area (Å²) in [5.74, 6) is -1.11. The summed E-state index contributed by atoms with van der Waals surface area (Å²) in [7, 11) is 0. The van der Waals surface area contributed by atoms with Crippen LogP contribution in [0.25, 0.3) is 0 Å². The van der Waals surface area contributed by atoms with E-state index in [9.17, 15) is 14.7 Å². The first-order valence-corrected chi connectivity index (χ1v) is 9.52. The summed E-state index contributed by atoms with van der Waals surface area (Å²) in [6.07, 6.45) is 3.69. The van der Waals surface area contributed by atoms with E-state index in [-0.39, 0.29) is 17.9 Å². The van der Waals surface area contributed by atoms with Crippen molar-refractivity contribution in [3.8, 4) is 0 Å². The highest BCUT2D eigenvalue weighted by atomic mass is 35.5. The highest BCUT2D eigenvalue weighted by Gasteiger charge is 2.32. The molecule has 1 saturated heterocycles. The largest absolute Gasteiger partial charge is 0.478 e. The zero-order valence-corrected chi connectivity index (χ0v) is 15.8. The molecule has 0 aromatic heterocycles. The molecular formula is C19H24ClN3O4. The summed E-state index contributed by atoms with van der Waals surface area (Å²) in [6.45, 7) is 3.48. The lowest BCUT2D eigenvalue weighted by Gasteiger charge is -2.29. The summed E-state index contributed by atoms with van der Waals surface area (Å²) >= 11 is 6.02. The van der Waals surface area contributed by atoms with E-state index in [4.69, 9.17) is 16.3 Å². The van der Waals surface area contributed by atoms with Crippen LogP contribution in [0.3, 0.4) is 0 Å². The minimum atomic E-state index is -1.11. The van der Waals surface area contributed by atoms with Crippen LogP contribution in [0.5, 0.6) is 0 Å². The number of halogens is 1. The molecule has 1 aromatic rings. The van der Waals surface area contributed by atoms with Crippen molar-refractivity contribution in [2.45, 2.75) is 25.3 Å². The standard InChI is InChI=1S/C19H24ClN3O4/c20-14-6-4-5-13(11-14)17-16(18(24)25)15(21-19(26)22-17)12-27-10-9-23-7-2-1-3-8-23/h4-6,11,17H,1-3,7-10,12H2,(H,24,25)(H2,21,22,26). The van der Waals surface area contributed by atoms with Crippen LogP contribution in [0.4, 0.5) is 4.79 Å². The van der Waals surface area contributed by atoms with Crippen molar-refractivity contribution in [1.29, 1.82) is 0 Å². The van der Waals surface area contributed by atoms with Crippen molar-refractivity contribution in [1.82, 2.24) is 15.5 Å². The molecule has 0 bridgehead atoms. The average molecular weight is 394 g/mol. The quantitative estimate of drug-likeness (QED) is 0.619. The van der Waals surface area contributed by atoms with E-state index >= 15 is 0 Å². The van der Waals surface area contributed by atoms with Gasteiger partial charge in [-0.1, -0.05) is 30.2 Å². The number of urea groups is 1. The number of piperidine rings is 1. The van der Waals surface area contributed by atoms with E-state index in [1.165, 1.54) is 19.3 Å². The van der Waals surface area contributed by atoms with Gasteiger partial charge in [0, 0.05) is 11.6 Å².